The topological polar surface area (TPSA) is 40.6 Å². The Hall–Kier alpha value is -0.900. The Morgan fingerprint density at radius 3 is 2.47 bits per heavy atom. The lowest BCUT2D eigenvalue weighted by atomic mass is 10.1. The van der Waals surface area contributed by atoms with E-state index in [4.69, 9.17) is 0 Å². The minimum absolute atomic E-state index is 0.137. The van der Waals surface area contributed by atoms with Crippen molar-refractivity contribution in [1.82, 2.24) is 9.80 Å². The molecule has 0 saturated carbocycles. The van der Waals surface area contributed by atoms with Crippen LogP contribution < -0.4 is 0 Å². The predicted molar refractivity (Wildman–Crippen MR) is 74.9 cm³/mol. The van der Waals surface area contributed by atoms with E-state index in [0.717, 1.165) is 32.4 Å². The van der Waals surface area contributed by atoms with Crippen LogP contribution in [0.4, 0.5) is 0 Å². The number of likely N-dealkylation sites (tertiary alicyclic amines) is 2. The van der Waals surface area contributed by atoms with Gasteiger partial charge in [-0.1, -0.05) is 0 Å². The molecule has 2 saturated heterocycles. The van der Waals surface area contributed by atoms with Gasteiger partial charge in [-0.2, -0.15) is 0 Å². The highest BCUT2D eigenvalue weighted by molar-refractivity contribution is 5.88. The number of Topliss-reactive ketones (excluding diaryl/α,β-unsaturated/α-hetero) is 1. The van der Waals surface area contributed by atoms with Crippen LogP contribution in [0, 0.1) is 0 Å². The molecular formula is C15H26N2O2. The average Bonchev–Trinajstić information content (AvgIpc) is 2.96. The molecule has 0 N–H and O–H groups in total. The van der Waals surface area contributed by atoms with E-state index in [9.17, 15) is 9.59 Å². The summed E-state index contributed by atoms with van der Waals surface area (Å²) in [6.45, 7) is 7.85. The van der Waals surface area contributed by atoms with Crippen LogP contribution in [0.15, 0.2) is 0 Å². The van der Waals surface area contributed by atoms with Gasteiger partial charge in [-0.3, -0.25) is 14.5 Å². The van der Waals surface area contributed by atoms with Crippen LogP contribution in [-0.4, -0.2) is 52.7 Å². The SMILES string of the molecule is CC(=O)[C@@H]1CCCN1C(=O)C[C@@H]1CCCN1C(C)C. The summed E-state index contributed by atoms with van der Waals surface area (Å²) in [5, 5.41) is 0. The van der Waals surface area contributed by atoms with E-state index in [1.807, 2.05) is 4.90 Å². The molecule has 2 aliphatic heterocycles. The molecule has 0 spiro atoms. The van der Waals surface area contributed by atoms with Gasteiger partial charge in [0.25, 0.3) is 0 Å². The lowest BCUT2D eigenvalue weighted by Crippen LogP contribution is -2.44. The molecule has 0 aromatic heterocycles. The van der Waals surface area contributed by atoms with Crippen molar-refractivity contribution in [2.24, 2.45) is 0 Å². The molecule has 0 aromatic carbocycles. The van der Waals surface area contributed by atoms with Crippen LogP contribution in [0.5, 0.6) is 0 Å². The number of ketones is 1. The Kier molecular flexibility index (Phi) is 4.61. The number of carbonyl (C=O) groups excluding carboxylic acids is 2. The molecule has 2 heterocycles. The van der Waals surface area contributed by atoms with E-state index in [1.54, 1.807) is 6.92 Å². The Bertz CT molecular complexity index is 354. The van der Waals surface area contributed by atoms with Gasteiger partial charge in [0.15, 0.2) is 5.78 Å². The predicted octanol–water partition coefficient (Wildman–Crippen LogP) is 1.83. The Balaban J connectivity index is 1.95. The van der Waals surface area contributed by atoms with Gasteiger partial charge in [0.2, 0.25) is 5.91 Å². The van der Waals surface area contributed by atoms with Crippen LogP contribution in [0.3, 0.4) is 0 Å². The molecule has 2 atom stereocenters. The summed E-state index contributed by atoms with van der Waals surface area (Å²) in [5.41, 5.74) is 0. The summed E-state index contributed by atoms with van der Waals surface area (Å²) >= 11 is 0. The molecule has 0 aliphatic carbocycles. The second-order valence-electron chi connectivity index (χ2n) is 6.19. The lowest BCUT2D eigenvalue weighted by molar-refractivity contribution is -0.137. The van der Waals surface area contributed by atoms with Crippen molar-refractivity contribution in [3.05, 3.63) is 0 Å². The van der Waals surface area contributed by atoms with E-state index in [1.165, 1.54) is 6.42 Å². The monoisotopic (exact) mass is 266 g/mol. The fraction of sp³-hybridized carbons (Fsp3) is 0.867. The number of carbonyl (C=O) groups is 2. The second-order valence-corrected chi connectivity index (χ2v) is 6.19. The van der Waals surface area contributed by atoms with Gasteiger partial charge in [-0.05, 0) is 53.0 Å². The van der Waals surface area contributed by atoms with Crippen molar-refractivity contribution < 1.29 is 9.59 Å². The zero-order valence-corrected chi connectivity index (χ0v) is 12.4. The summed E-state index contributed by atoms with van der Waals surface area (Å²) in [5.74, 6) is 0.313. The molecule has 0 unspecified atom stereocenters. The molecule has 0 radical (unpaired) electrons. The number of amides is 1. The molecule has 2 fully saturated rings. The van der Waals surface area contributed by atoms with Crippen LogP contribution in [-0.2, 0) is 9.59 Å². The van der Waals surface area contributed by atoms with Crippen molar-refractivity contribution in [1.29, 1.82) is 0 Å². The molecule has 2 aliphatic rings. The first kappa shape index (κ1) is 14.5. The van der Waals surface area contributed by atoms with Gasteiger partial charge < -0.3 is 4.90 Å². The normalized spacial score (nSPS) is 28.3. The number of hydrogen-bond acceptors (Lipinski definition) is 3. The molecule has 4 heteroatoms. The first-order valence-electron chi connectivity index (χ1n) is 7.56. The fourth-order valence-corrected chi connectivity index (χ4v) is 3.56. The molecular weight excluding hydrogens is 240 g/mol. The molecule has 0 aromatic rings. The third-order valence-corrected chi connectivity index (χ3v) is 4.54. The van der Waals surface area contributed by atoms with E-state index in [2.05, 4.69) is 18.7 Å². The van der Waals surface area contributed by atoms with Crippen LogP contribution in [0.1, 0.15) is 52.9 Å². The van der Waals surface area contributed by atoms with Gasteiger partial charge in [-0.15, -0.1) is 0 Å². The van der Waals surface area contributed by atoms with Gasteiger partial charge in [0.05, 0.1) is 6.04 Å². The molecule has 4 nitrogen and oxygen atoms in total. The van der Waals surface area contributed by atoms with E-state index in [0.29, 0.717) is 18.5 Å². The summed E-state index contributed by atoms with van der Waals surface area (Å²) < 4.78 is 0. The summed E-state index contributed by atoms with van der Waals surface area (Å²) in [7, 11) is 0. The van der Waals surface area contributed by atoms with Gasteiger partial charge in [0, 0.05) is 25.0 Å². The van der Waals surface area contributed by atoms with Crippen LogP contribution in [0.25, 0.3) is 0 Å². The maximum Gasteiger partial charge on any atom is 0.224 e. The van der Waals surface area contributed by atoms with Gasteiger partial charge in [-0.25, -0.2) is 0 Å². The zero-order chi connectivity index (χ0) is 14.0. The smallest absolute Gasteiger partial charge is 0.224 e. The largest absolute Gasteiger partial charge is 0.333 e. The number of rotatable bonds is 4. The quantitative estimate of drug-likeness (QED) is 0.779. The Morgan fingerprint density at radius 2 is 1.84 bits per heavy atom. The Morgan fingerprint density at radius 1 is 1.16 bits per heavy atom. The minimum atomic E-state index is -0.151. The highest BCUT2D eigenvalue weighted by Crippen LogP contribution is 2.25. The molecule has 1 amide bonds. The third kappa shape index (κ3) is 3.16. The molecule has 2 rings (SSSR count). The minimum Gasteiger partial charge on any atom is -0.333 e. The number of nitrogens with zero attached hydrogens (tertiary/aromatic N) is 2. The standard InChI is InChI=1S/C15H26N2O2/c1-11(2)16-8-4-6-13(16)10-15(19)17-9-5-7-14(17)12(3)18/h11,13-14H,4-10H2,1-3H3/t13-,14-/m0/s1. The molecule has 0 bridgehead atoms. The Labute approximate surface area is 116 Å². The van der Waals surface area contributed by atoms with E-state index < -0.39 is 0 Å². The highest BCUT2D eigenvalue weighted by Gasteiger charge is 2.35. The molecule has 19 heavy (non-hydrogen) atoms. The maximum atomic E-state index is 12.4. The van der Waals surface area contributed by atoms with E-state index >= 15 is 0 Å². The third-order valence-electron chi connectivity index (χ3n) is 4.54. The molecule has 108 valence electrons. The average molecular weight is 266 g/mol. The van der Waals surface area contributed by atoms with Crippen LogP contribution in [0.2, 0.25) is 0 Å². The van der Waals surface area contributed by atoms with Crippen LogP contribution >= 0.6 is 0 Å². The van der Waals surface area contributed by atoms with Crippen molar-refractivity contribution in [3.8, 4) is 0 Å². The van der Waals surface area contributed by atoms with Gasteiger partial charge in [0.1, 0.15) is 0 Å². The van der Waals surface area contributed by atoms with Crippen molar-refractivity contribution in [2.75, 3.05) is 13.1 Å². The lowest BCUT2D eigenvalue weighted by Gasteiger charge is -2.30. The maximum absolute atomic E-state index is 12.4. The first-order chi connectivity index (χ1) is 9.00. The second kappa shape index (κ2) is 6.04. The highest BCUT2D eigenvalue weighted by atomic mass is 16.2. The first-order valence-corrected chi connectivity index (χ1v) is 7.56. The number of hydrogen-bond donors (Lipinski definition) is 0. The van der Waals surface area contributed by atoms with Gasteiger partial charge >= 0.3 is 0 Å². The van der Waals surface area contributed by atoms with Crippen molar-refractivity contribution >= 4 is 11.7 Å². The van der Waals surface area contributed by atoms with E-state index in [-0.39, 0.29) is 17.7 Å². The zero-order valence-electron chi connectivity index (χ0n) is 12.4. The summed E-state index contributed by atoms with van der Waals surface area (Å²) in [4.78, 5) is 28.2. The van der Waals surface area contributed by atoms with Crippen molar-refractivity contribution in [3.63, 3.8) is 0 Å². The summed E-state index contributed by atoms with van der Waals surface area (Å²) in [6.07, 6.45) is 4.70. The fourth-order valence-electron chi connectivity index (χ4n) is 3.56. The van der Waals surface area contributed by atoms with Crippen molar-refractivity contribution in [2.45, 2.75) is 71.0 Å². The summed E-state index contributed by atoms with van der Waals surface area (Å²) in [6, 6.07) is 0.726.